The molecule has 1 atom stereocenters. The highest BCUT2D eigenvalue weighted by Crippen LogP contribution is 2.22. The molecule has 1 aromatic rings. The first-order valence-corrected chi connectivity index (χ1v) is 8.75. The zero-order valence-corrected chi connectivity index (χ0v) is 14.7. The summed E-state index contributed by atoms with van der Waals surface area (Å²) in [5.74, 6) is 1.21. The van der Waals surface area contributed by atoms with E-state index in [2.05, 4.69) is 10.6 Å². The van der Waals surface area contributed by atoms with E-state index in [1.165, 1.54) is 0 Å². The van der Waals surface area contributed by atoms with Crippen molar-refractivity contribution in [3.63, 3.8) is 0 Å². The van der Waals surface area contributed by atoms with E-state index < -0.39 is 12.1 Å². The van der Waals surface area contributed by atoms with Crippen molar-refractivity contribution < 1.29 is 23.9 Å². The lowest BCUT2D eigenvalue weighted by Gasteiger charge is -2.32. The van der Waals surface area contributed by atoms with Crippen molar-refractivity contribution in [2.75, 3.05) is 20.2 Å². The second-order valence-corrected chi connectivity index (χ2v) is 6.43. The number of piperidine rings is 1. The molecule has 0 aromatic heterocycles. The lowest BCUT2D eigenvalue weighted by molar-refractivity contribution is -0.133. The fourth-order valence-corrected chi connectivity index (χ4v) is 3.16. The third kappa shape index (κ3) is 4.44. The molecule has 2 N–H and O–H groups in total. The van der Waals surface area contributed by atoms with Crippen LogP contribution in [0.15, 0.2) is 24.3 Å². The molecule has 0 bridgehead atoms. The molecule has 4 amide bonds. The molecular formula is C18H23N3O5. The minimum Gasteiger partial charge on any atom is -0.497 e. The number of carbonyl (C=O) groups is 3. The predicted octanol–water partition coefficient (Wildman–Crippen LogP) is 1.05. The molecule has 0 radical (unpaired) electrons. The van der Waals surface area contributed by atoms with Gasteiger partial charge in [-0.3, -0.25) is 14.9 Å². The van der Waals surface area contributed by atoms with Gasteiger partial charge in [0, 0.05) is 32.4 Å². The number of ether oxygens (including phenoxy) is 2. The summed E-state index contributed by atoms with van der Waals surface area (Å²) in [5, 5.41) is 4.67. The maximum absolute atomic E-state index is 12.3. The van der Waals surface area contributed by atoms with Gasteiger partial charge in [0.15, 0.2) is 0 Å². The second-order valence-electron chi connectivity index (χ2n) is 6.43. The van der Waals surface area contributed by atoms with Gasteiger partial charge in [-0.2, -0.15) is 0 Å². The van der Waals surface area contributed by atoms with Crippen molar-refractivity contribution in [2.24, 2.45) is 0 Å². The number of benzene rings is 1. The largest absolute Gasteiger partial charge is 0.497 e. The Hall–Kier alpha value is -2.77. The van der Waals surface area contributed by atoms with Crippen LogP contribution in [0.3, 0.4) is 0 Å². The van der Waals surface area contributed by atoms with Gasteiger partial charge in [0.1, 0.15) is 23.6 Å². The standard InChI is InChI=1S/C18H23N3O5/c1-25-12-2-4-13(5-3-12)26-14-8-10-21(11-9-14)16(22)7-6-15-17(23)20-18(24)19-15/h2-5,14-15H,6-11H2,1H3,(H2,19,20,23,24)/t15-/m1/s1. The normalized spacial score (nSPS) is 20.5. The molecule has 140 valence electrons. The molecule has 2 heterocycles. The first-order valence-electron chi connectivity index (χ1n) is 8.75. The Morgan fingerprint density at radius 1 is 1.15 bits per heavy atom. The van der Waals surface area contributed by atoms with E-state index in [4.69, 9.17) is 9.47 Å². The number of carbonyl (C=O) groups excluding carboxylic acids is 3. The van der Waals surface area contributed by atoms with Crippen LogP contribution in [0.2, 0.25) is 0 Å². The van der Waals surface area contributed by atoms with E-state index in [1.54, 1.807) is 12.0 Å². The van der Waals surface area contributed by atoms with Gasteiger partial charge >= 0.3 is 6.03 Å². The van der Waals surface area contributed by atoms with Crippen LogP contribution in [0.5, 0.6) is 11.5 Å². The monoisotopic (exact) mass is 361 g/mol. The number of nitrogens with zero attached hydrogens (tertiary/aromatic N) is 1. The lowest BCUT2D eigenvalue weighted by Crippen LogP contribution is -2.42. The summed E-state index contributed by atoms with van der Waals surface area (Å²) in [5.41, 5.74) is 0. The van der Waals surface area contributed by atoms with E-state index in [9.17, 15) is 14.4 Å². The highest BCUT2D eigenvalue weighted by Gasteiger charge is 2.31. The fourth-order valence-electron chi connectivity index (χ4n) is 3.16. The second kappa shape index (κ2) is 8.07. The molecule has 0 saturated carbocycles. The van der Waals surface area contributed by atoms with Gasteiger partial charge in [-0.1, -0.05) is 0 Å². The average molecular weight is 361 g/mol. The molecule has 2 fully saturated rings. The summed E-state index contributed by atoms with van der Waals surface area (Å²) < 4.78 is 11.1. The van der Waals surface area contributed by atoms with Gasteiger partial charge in [0.2, 0.25) is 5.91 Å². The number of urea groups is 1. The van der Waals surface area contributed by atoms with Crippen LogP contribution in [0, 0.1) is 0 Å². The maximum Gasteiger partial charge on any atom is 0.322 e. The molecular weight excluding hydrogens is 338 g/mol. The van der Waals surface area contributed by atoms with Gasteiger partial charge in [0.05, 0.1) is 7.11 Å². The molecule has 2 saturated heterocycles. The quantitative estimate of drug-likeness (QED) is 0.739. The number of methoxy groups -OCH3 is 1. The van der Waals surface area contributed by atoms with Crippen molar-refractivity contribution in [1.82, 2.24) is 15.5 Å². The third-order valence-electron chi connectivity index (χ3n) is 4.66. The molecule has 26 heavy (non-hydrogen) atoms. The molecule has 8 nitrogen and oxygen atoms in total. The highest BCUT2D eigenvalue weighted by atomic mass is 16.5. The van der Waals surface area contributed by atoms with Crippen LogP contribution in [0.1, 0.15) is 25.7 Å². The minimum atomic E-state index is -0.609. The number of amides is 4. The van der Waals surface area contributed by atoms with E-state index in [-0.39, 0.29) is 24.3 Å². The minimum absolute atomic E-state index is 0.00171. The molecule has 1 aromatic carbocycles. The number of likely N-dealkylation sites (tertiary alicyclic amines) is 1. The van der Waals surface area contributed by atoms with Crippen molar-refractivity contribution in [3.05, 3.63) is 24.3 Å². The van der Waals surface area contributed by atoms with Crippen molar-refractivity contribution in [2.45, 2.75) is 37.8 Å². The zero-order valence-electron chi connectivity index (χ0n) is 14.7. The van der Waals surface area contributed by atoms with Crippen LogP contribution >= 0.6 is 0 Å². The number of hydrogen-bond donors (Lipinski definition) is 2. The number of nitrogens with one attached hydrogen (secondary N) is 2. The van der Waals surface area contributed by atoms with Gasteiger partial charge in [-0.15, -0.1) is 0 Å². The predicted molar refractivity (Wildman–Crippen MR) is 92.9 cm³/mol. The van der Waals surface area contributed by atoms with E-state index in [0.717, 1.165) is 24.3 Å². The average Bonchev–Trinajstić information content (AvgIpc) is 2.98. The van der Waals surface area contributed by atoms with Crippen LogP contribution < -0.4 is 20.1 Å². The zero-order chi connectivity index (χ0) is 18.5. The Morgan fingerprint density at radius 2 is 1.81 bits per heavy atom. The number of hydrogen-bond acceptors (Lipinski definition) is 5. The SMILES string of the molecule is COc1ccc(OC2CCN(C(=O)CC[C@H]3NC(=O)NC3=O)CC2)cc1. The molecule has 0 unspecified atom stereocenters. The van der Waals surface area contributed by atoms with Crippen LogP contribution in [-0.2, 0) is 9.59 Å². The Labute approximate surface area is 151 Å². The van der Waals surface area contributed by atoms with Gasteiger partial charge in [-0.05, 0) is 30.7 Å². The summed E-state index contributed by atoms with van der Waals surface area (Å²) in [4.78, 5) is 36.7. The summed E-state index contributed by atoms with van der Waals surface area (Å²) in [6.07, 6.45) is 2.16. The summed E-state index contributed by atoms with van der Waals surface area (Å²) in [7, 11) is 1.62. The number of rotatable bonds is 6. The van der Waals surface area contributed by atoms with Gasteiger partial charge < -0.3 is 19.7 Å². The van der Waals surface area contributed by atoms with E-state index in [1.807, 2.05) is 24.3 Å². The Balaban J connectivity index is 1.40. The molecule has 2 aliphatic heterocycles. The van der Waals surface area contributed by atoms with Crippen LogP contribution in [-0.4, -0.2) is 55.1 Å². The smallest absolute Gasteiger partial charge is 0.322 e. The van der Waals surface area contributed by atoms with Crippen LogP contribution in [0.25, 0.3) is 0 Å². The Morgan fingerprint density at radius 3 is 2.38 bits per heavy atom. The van der Waals surface area contributed by atoms with Crippen molar-refractivity contribution in [1.29, 1.82) is 0 Å². The van der Waals surface area contributed by atoms with Gasteiger partial charge in [-0.25, -0.2) is 4.79 Å². The van der Waals surface area contributed by atoms with Gasteiger partial charge in [0.25, 0.3) is 5.91 Å². The molecule has 3 rings (SSSR count). The molecule has 0 aliphatic carbocycles. The Bertz CT molecular complexity index is 668. The fraction of sp³-hybridized carbons (Fsp3) is 0.500. The summed E-state index contributed by atoms with van der Waals surface area (Å²) in [6, 6.07) is 6.35. The third-order valence-corrected chi connectivity index (χ3v) is 4.66. The lowest BCUT2D eigenvalue weighted by atomic mass is 10.1. The maximum atomic E-state index is 12.3. The van der Waals surface area contributed by atoms with Crippen molar-refractivity contribution >= 4 is 17.8 Å². The molecule has 2 aliphatic rings. The van der Waals surface area contributed by atoms with Crippen molar-refractivity contribution in [3.8, 4) is 11.5 Å². The summed E-state index contributed by atoms with van der Waals surface area (Å²) >= 11 is 0. The summed E-state index contributed by atoms with van der Waals surface area (Å²) in [6.45, 7) is 1.26. The molecule has 8 heteroatoms. The highest BCUT2D eigenvalue weighted by molar-refractivity contribution is 6.04. The first-order chi connectivity index (χ1) is 12.5. The van der Waals surface area contributed by atoms with E-state index in [0.29, 0.717) is 19.5 Å². The van der Waals surface area contributed by atoms with Crippen LogP contribution in [0.4, 0.5) is 4.79 Å². The first kappa shape index (κ1) is 18.0. The topological polar surface area (TPSA) is 97.0 Å². The molecule has 0 spiro atoms. The van der Waals surface area contributed by atoms with E-state index >= 15 is 0 Å². The Kier molecular flexibility index (Phi) is 5.60. The number of imide groups is 1.